The van der Waals surface area contributed by atoms with Crippen LogP contribution in [-0.4, -0.2) is 18.3 Å². The second-order valence-electron chi connectivity index (χ2n) is 4.47. The molecule has 1 N–H and O–H groups in total. The van der Waals surface area contributed by atoms with E-state index in [0.717, 1.165) is 10.0 Å². The van der Waals surface area contributed by atoms with Crippen LogP contribution >= 0.6 is 15.9 Å². The van der Waals surface area contributed by atoms with Gasteiger partial charge in [-0.1, -0.05) is 46.3 Å². The Morgan fingerprint density at radius 2 is 1.75 bits per heavy atom. The van der Waals surface area contributed by atoms with Crippen LogP contribution in [0.1, 0.15) is 18.6 Å². The van der Waals surface area contributed by atoms with E-state index in [2.05, 4.69) is 15.9 Å². The summed E-state index contributed by atoms with van der Waals surface area (Å²) in [6.45, 7) is 1.83. The summed E-state index contributed by atoms with van der Waals surface area (Å²) in [6, 6.07) is 15.0. The molecule has 0 radical (unpaired) electrons. The lowest BCUT2D eigenvalue weighted by molar-refractivity contribution is 0.0451. The van der Waals surface area contributed by atoms with E-state index < -0.39 is 6.10 Å². The van der Waals surface area contributed by atoms with Gasteiger partial charge in [0.1, 0.15) is 12.2 Å². The molecular formula is C16H17BrO3. The Bertz CT molecular complexity index is 557. The second kappa shape index (κ2) is 6.77. The number of hydrogen-bond acceptors (Lipinski definition) is 3. The third-order valence-electron chi connectivity index (χ3n) is 3.02. The number of hydrogen-bond donors (Lipinski definition) is 1. The van der Waals surface area contributed by atoms with Crippen LogP contribution in [0.15, 0.2) is 53.0 Å². The minimum Gasteiger partial charge on any atom is -0.493 e. The molecule has 0 aliphatic carbocycles. The standard InChI is InChI=1S/C16H17BrO3/c1-11(16(18)12-6-4-3-5-7-12)20-14-9-8-13(17)10-15(14)19-2/h3-11,16,18H,1-2H3/t11-,16-/m1/s1. The summed E-state index contributed by atoms with van der Waals surface area (Å²) in [5.41, 5.74) is 0.830. The SMILES string of the molecule is COc1cc(Br)ccc1O[C@H](C)[C@@H](O)c1ccccc1. The van der Waals surface area contributed by atoms with Crippen LogP contribution in [-0.2, 0) is 0 Å². The highest BCUT2D eigenvalue weighted by molar-refractivity contribution is 9.10. The Morgan fingerprint density at radius 3 is 2.40 bits per heavy atom. The molecule has 0 aliphatic heterocycles. The van der Waals surface area contributed by atoms with Gasteiger partial charge in [0.15, 0.2) is 11.5 Å². The maximum absolute atomic E-state index is 10.3. The van der Waals surface area contributed by atoms with E-state index in [0.29, 0.717) is 11.5 Å². The van der Waals surface area contributed by atoms with E-state index in [1.54, 1.807) is 7.11 Å². The molecule has 0 spiro atoms. The molecule has 0 fully saturated rings. The number of aliphatic hydroxyl groups is 1. The number of rotatable bonds is 5. The van der Waals surface area contributed by atoms with Crippen molar-refractivity contribution in [2.45, 2.75) is 19.1 Å². The molecular weight excluding hydrogens is 320 g/mol. The minimum atomic E-state index is -0.690. The maximum atomic E-state index is 10.3. The van der Waals surface area contributed by atoms with E-state index in [9.17, 15) is 5.11 Å². The van der Waals surface area contributed by atoms with Gasteiger partial charge >= 0.3 is 0 Å². The summed E-state index contributed by atoms with van der Waals surface area (Å²) in [5.74, 6) is 1.24. The largest absolute Gasteiger partial charge is 0.493 e. The second-order valence-corrected chi connectivity index (χ2v) is 5.39. The molecule has 3 nitrogen and oxygen atoms in total. The molecule has 4 heteroatoms. The fraction of sp³-hybridized carbons (Fsp3) is 0.250. The van der Waals surface area contributed by atoms with Crippen LogP contribution in [0.25, 0.3) is 0 Å². The Labute approximate surface area is 127 Å². The molecule has 0 heterocycles. The fourth-order valence-electron chi connectivity index (χ4n) is 1.92. The van der Waals surface area contributed by atoms with E-state index in [-0.39, 0.29) is 6.10 Å². The molecule has 0 saturated heterocycles. The molecule has 0 bridgehead atoms. The van der Waals surface area contributed by atoms with Gasteiger partial charge in [0, 0.05) is 4.47 Å². The molecule has 2 aromatic carbocycles. The first-order chi connectivity index (χ1) is 9.61. The molecule has 0 amide bonds. The van der Waals surface area contributed by atoms with Gasteiger partial charge < -0.3 is 14.6 Å². The summed E-state index contributed by atoms with van der Waals surface area (Å²) < 4.78 is 12.0. The number of aliphatic hydroxyl groups excluding tert-OH is 1. The summed E-state index contributed by atoms with van der Waals surface area (Å²) in [4.78, 5) is 0. The molecule has 0 aromatic heterocycles. The van der Waals surface area contributed by atoms with Crippen molar-refractivity contribution < 1.29 is 14.6 Å². The Hall–Kier alpha value is -1.52. The molecule has 106 valence electrons. The zero-order valence-electron chi connectivity index (χ0n) is 11.4. The smallest absolute Gasteiger partial charge is 0.161 e. The van der Waals surface area contributed by atoms with Crippen LogP contribution in [0, 0.1) is 0 Å². The van der Waals surface area contributed by atoms with Crippen LogP contribution in [0.2, 0.25) is 0 Å². The molecule has 20 heavy (non-hydrogen) atoms. The van der Waals surface area contributed by atoms with Gasteiger partial charge in [-0.25, -0.2) is 0 Å². The number of methoxy groups -OCH3 is 1. The number of benzene rings is 2. The average molecular weight is 337 g/mol. The third kappa shape index (κ3) is 3.52. The molecule has 0 aliphatic rings. The first kappa shape index (κ1) is 14.9. The van der Waals surface area contributed by atoms with Gasteiger partial charge in [-0.3, -0.25) is 0 Å². The van der Waals surface area contributed by atoms with Crippen molar-refractivity contribution in [3.05, 3.63) is 58.6 Å². The maximum Gasteiger partial charge on any atom is 0.161 e. The van der Waals surface area contributed by atoms with Crippen molar-refractivity contribution in [2.24, 2.45) is 0 Å². The van der Waals surface area contributed by atoms with Gasteiger partial charge in [0.05, 0.1) is 7.11 Å². The quantitative estimate of drug-likeness (QED) is 0.898. The third-order valence-corrected chi connectivity index (χ3v) is 3.52. The molecule has 0 unspecified atom stereocenters. The normalized spacial score (nSPS) is 13.6. The fourth-order valence-corrected chi connectivity index (χ4v) is 2.26. The van der Waals surface area contributed by atoms with Crippen molar-refractivity contribution >= 4 is 15.9 Å². The Morgan fingerprint density at radius 1 is 1.05 bits per heavy atom. The lowest BCUT2D eigenvalue weighted by Gasteiger charge is -2.22. The van der Waals surface area contributed by atoms with Crippen molar-refractivity contribution in [1.82, 2.24) is 0 Å². The van der Waals surface area contributed by atoms with Gasteiger partial charge in [-0.05, 0) is 30.7 Å². The van der Waals surface area contributed by atoms with E-state index in [1.807, 2.05) is 55.5 Å². The van der Waals surface area contributed by atoms with E-state index in [4.69, 9.17) is 9.47 Å². The number of ether oxygens (including phenoxy) is 2. The van der Waals surface area contributed by atoms with Crippen molar-refractivity contribution in [1.29, 1.82) is 0 Å². The molecule has 2 atom stereocenters. The average Bonchev–Trinajstić information content (AvgIpc) is 2.49. The van der Waals surface area contributed by atoms with Crippen LogP contribution in [0.4, 0.5) is 0 Å². The summed E-state index contributed by atoms with van der Waals surface area (Å²) in [7, 11) is 1.59. The Balaban J connectivity index is 2.13. The highest BCUT2D eigenvalue weighted by Crippen LogP contribution is 2.32. The van der Waals surface area contributed by atoms with Gasteiger partial charge in [0.2, 0.25) is 0 Å². The van der Waals surface area contributed by atoms with Crippen molar-refractivity contribution in [3.8, 4) is 11.5 Å². The van der Waals surface area contributed by atoms with Crippen molar-refractivity contribution in [3.63, 3.8) is 0 Å². The topological polar surface area (TPSA) is 38.7 Å². The predicted octanol–water partition coefficient (Wildman–Crippen LogP) is 3.96. The highest BCUT2D eigenvalue weighted by Gasteiger charge is 2.19. The number of halogens is 1. The summed E-state index contributed by atoms with van der Waals surface area (Å²) >= 11 is 3.38. The Kier molecular flexibility index (Phi) is 5.04. The lowest BCUT2D eigenvalue weighted by Crippen LogP contribution is -2.21. The van der Waals surface area contributed by atoms with Gasteiger partial charge in [0.25, 0.3) is 0 Å². The molecule has 2 aromatic rings. The monoisotopic (exact) mass is 336 g/mol. The van der Waals surface area contributed by atoms with Crippen molar-refractivity contribution in [2.75, 3.05) is 7.11 Å². The van der Waals surface area contributed by atoms with Crippen LogP contribution in [0.5, 0.6) is 11.5 Å². The first-order valence-electron chi connectivity index (χ1n) is 6.35. The summed E-state index contributed by atoms with van der Waals surface area (Å²) in [5, 5.41) is 10.3. The first-order valence-corrected chi connectivity index (χ1v) is 7.14. The van der Waals surface area contributed by atoms with E-state index in [1.165, 1.54) is 0 Å². The molecule has 2 rings (SSSR count). The van der Waals surface area contributed by atoms with Gasteiger partial charge in [-0.2, -0.15) is 0 Å². The van der Waals surface area contributed by atoms with Crippen LogP contribution in [0.3, 0.4) is 0 Å². The molecule has 0 saturated carbocycles. The minimum absolute atomic E-state index is 0.382. The van der Waals surface area contributed by atoms with E-state index >= 15 is 0 Å². The lowest BCUT2D eigenvalue weighted by atomic mass is 10.1. The van der Waals surface area contributed by atoms with Gasteiger partial charge in [-0.15, -0.1) is 0 Å². The van der Waals surface area contributed by atoms with Crippen LogP contribution < -0.4 is 9.47 Å². The zero-order chi connectivity index (χ0) is 14.5. The summed E-state index contributed by atoms with van der Waals surface area (Å²) in [6.07, 6.45) is -1.07. The zero-order valence-corrected chi connectivity index (χ0v) is 13.0. The highest BCUT2D eigenvalue weighted by atomic mass is 79.9. The predicted molar refractivity (Wildman–Crippen MR) is 82.2 cm³/mol.